The van der Waals surface area contributed by atoms with E-state index in [2.05, 4.69) is 15.3 Å². The number of hydrogen-bond donors (Lipinski definition) is 2. The number of carbonyl (C=O) groups is 1. The Morgan fingerprint density at radius 1 is 1.11 bits per heavy atom. The lowest BCUT2D eigenvalue weighted by atomic mass is 9.99. The number of fused-ring (bicyclic) bond motifs is 2. The van der Waals surface area contributed by atoms with E-state index in [1.165, 1.54) is 23.9 Å². The quantitative estimate of drug-likeness (QED) is 0.259. The maximum Gasteiger partial charge on any atom is 0.234 e. The number of hydrogen-bond acceptors (Lipinski definition) is 7. The van der Waals surface area contributed by atoms with Gasteiger partial charge in [-0.05, 0) is 43.3 Å². The zero-order chi connectivity index (χ0) is 24.4. The van der Waals surface area contributed by atoms with Crippen LogP contribution in [0.1, 0.15) is 22.4 Å². The second kappa shape index (κ2) is 9.81. The highest BCUT2D eigenvalue weighted by Crippen LogP contribution is 2.42. The molecule has 1 amide bonds. The number of halogens is 1. The van der Waals surface area contributed by atoms with Crippen LogP contribution < -0.4 is 10.1 Å². The molecule has 0 spiro atoms. The van der Waals surface area contributed by atoms with E-state index >= 15 is 0 Å². The molecule has 4 aromatic rings. The van der Waals surface area contributed by atoms with Gasteiger partial charge in [-0.15, -0.1) is 0 Å². The molecule has 7 nitrogen and oxygen atoms in total. The van der Waals surface area contributed by atoms with E-state index in [9.17, 15) is 14.3 Å². The summed E-state index contributed by atoms with van der Waals surface area (Å²) in [6, 6.07) is 15.1. The Kier molecular flexibility index (Phi) is 6.43. The van der Waals surface area contributed by atoms with Gasteiger partial charge in [-0.1, -0.05) is 30.0 Å². The van der Waals surface area contributed by atoms with Crippen molar-refractivity contribution in [3.63, 3.8) is 0 Å². The third-order valence-electron chi connectivity index (χ3n) is 5.56. The van der Waals surface area contributed by atoms with E-state index in [1.54, 1.807) is 18.3 Å². The van der Waals surface area contributed by atoms with Crippen LogP contribution in [0.3, 0.4) is 0 Å². The molecule has 176 valence electrons. The van der Waals surface area contributed by atoms with E-state index in [0.717, 1.165) is 11.1 Å². The van der Waals surface area contributed by atoms with E-state index in [0.29, 0.717) is 51.4 Å². The maximum atomic E-state index is 13.5. The van der Waals surface area contributed by atoms with Crippen LogP contribution in [-0.2, 0) is 17.8 Å². The number of benzene rings is 2. The van der Waals surface area contributed by atoms with Gasteiger partial charge in [0.15, 0.2) is 11.6 Å². The minimum absolute atomic E-state index is 0.121. The number of carbonyl (C=O) groups excluding carboxylic acids is 1. The SMILES string of the molecule is Cc1ncc(CO)c2c1Oc1nc(-c3ccc(F)cc3)nc(SCC(=O)Nc3ccccc3)c1C2. The number of amides is 1. The summed E-state index contributed by atoms with van der Waals surface area (Å²) < 4.78 is 19.7. The molecule has 0 aliphatic carbocycles. The van der Waals surface area contributed by atoms with Crippen LogP contribution in [0.25, 0.3) is 11.4 Å². The molecule has 0 saturated carbocycles. The first-order valence-electron chi connectivity index (χ1n) is 10.9. The summed E-state index contributed by atoms with van der Waals surface area (Å²) in [6.45, 7) is 1.65. The number of nitrogens with zero attached hydrogens (tertiary/aromatic N) is 3. The Morgan fingerprint density at radius 3 is 2.63 bits per heavy atom. The highest BCUT2D eigenvalue weighted by atomic mass is 32.2. The molecule has 0 unspecified atom stereocenters. The monoisotopic (exact) mass is 488 g/mol. The average molecular weight is 489 g/mol. The Morgan fingerprint density at radius 2 is 1.89 bits per heavy atom. The fourth-order valence-corrected chi connectivity index (χ4v) is 4.62. The van der Waals surface area contributed by atoms with E-state index < -0.39 is 0 Å². The van der Waals surface area contributed by atoms with Crippen molar-refractivity contribution < 1.29 is 19.0 Å². The number of nitrogens with one attached hydrogen (secondary N) is 1. The second-order valence-corrected chi connectivity index (χ2v) is 8.92. The summed E-state index contributed by atoms with van der Waals surface area (Å²) in [5, 5.41) is 13.3. The number of para-hydroxylation sites is 1. The number of thioether (sulfide) groups is 1. The minimum Gasteiger partial charge on any atom is -0.436 e. The van der Waals surface area contributed by atoms with Gasteiger partial charge in [0.25, 0.3) is 0 Å². The van der Waals surface area contributed by atoms with Crippen LogP contribution >= 0.6 is 11.8 Å². The summed E-state index contributed by atoms with van der Waals surface area (Å²) in [5.41, 5.74) is 4.22. The lowest BCUT2D eigenvalue weighted by molar-refractivity contribution is -0.113. The standard InChI is InChI=1S/C26H21FN4O3S/c1-15-23-20(17(13-32)12-28-15)11-21-25(34-23)30-24(16-7-9-18(27)10-8-16)31-26(21)35-14-22(33)29-19-5-3-2-4-6-19/h2-10,12,32H,11,13-14H2,1H3,(H,29,33). The Hall–Kier alpha value is -3.82. The fourth-order valence-electron chi connectivity index (χ4n) is 3.79. The van der Waals surface area contributed by atoms with Gasteiger partial charge in [-0.2, -0.15) is 4.98 Å². The number of aromatic nitrogens is 3. The number of rotatable bonds is 6. The molecule has 5 rings (SSSR count). The number of anilines is 1. The van der Waals surface area contributed by atoms with Gasteiger partial charge in [0.1, 0.15) is 10.8 Å². The molecule has 0 radical (unpaired) electrons. The minimum atomic E-state index is -0.359. The molecule has 0 bridgehead atoms. The highest BCUT2D eigenvalue weighted by Gasteiger charge is 2.28. The summed E-state index contributed by atoms with van der Waals surface area (Å²) in [6.07, 6.45) is 2.06. The van der Waals surface area contributed by atoms with Crippen molar-refractivity contribution in [1.29, 1.82) is 0 Å². The Labute approximate surface area is 205 Å². The smallest absolute Gasteiger partial charge is 0.234 e. The van der Waals surface area contributed by atoms with Crippen LogP contribution in [0.4, 0.5) is 10.1 Å². The van der Waals surface area contributed by atoms with Crippen molar-refractivity contribution in [2.75, 3.05) is 11.1 Å². The van der Waals surface area contributed by atoms with Crippen LogP contribution in [0.15, 0.2) is 65.8 Å². The molecule has 0 atom stereocenters. The predicted octanol–water partition coefficient (Wildman–Crippen LogP) is 4.91. The van der Waals surface area contributed by atoms with Crippen LogP contribution in [0.5, 0.6) is 11.6 Å². The molecule has 35 heavy (non-hydrogen) atoms. The first-order valence-corrected chi connectivity index (χ1v) is 11.9. The van der Waals surface area contributed by atoms with Gasteiger partial charge in [0.2, 0.25) is 11.8 Å². The summed E-state index contributed by atoms with van der Waals surface area (Å²) >= 11 is 1.27. The van der Waals surface area contributed by atoms with E-state index in [-0.39, 0.29) is 24.1 Å². The first kappa shape index (κ1) is 22.9. The van der Waals surface area contributed by atoms with Crippen molar-refractivity contribution in [2.24, 2.45) is 0 Å². The van der Waals surface area contributed by atoms with Gasteiger partial charge in [0, 0.05) is 35.0 Å². The summed E-state index contributed by atoms with van der Waals surface area (Å²) in [7, 11) is 0. The third-order valence-corrected chi connectivity index (χ3v) is 6.58. The Balaban J connectivity index is 1.50. The van der Waals surface area contributed by atoms with Gasteiger partial charge >= 0.3 is 0 Å². The predicted molar refractivity (Wildman–Crippen MR) is 131 cm³/mol. The first-order chi connectivity index (χ1) is 17.0. The molecule has 0 saturated heterocycles. The van der Waals surface area contributed by atoms with Crippen molar-refractivity contribution in [1.82, 2.24) is 15.0 Å². The van der Waals surface area contributed by atoms with Crippen LogP contribution in [-0.4, -0.2) is 31.7 Å². The van der Waals surface area contributed by atoms with Gasteiger partial charge in [-0.3, -0.25) is 9.78 Å². The molecule has 2 aromatic heterocycles. The van der Waals surface area contributed by atoms with Gasteiger partial charge in [-0.25, -0.2) is 9.37 Å². The number of aliphatic hydroxyl groups is 1. The molecular weight excluding hydrogens is 467 g/mol. The number of pyridine rings is 1. The molecular formula is C26H21FN4O3S. The molecule has 9 heteroatoms. The van der Waals surface area contributed by atoms with Crippen LogP contribution in [0.2, 0.25) is 0 Å². The lowest BCUT2D eigenvalue weighted by Gasteiger charge is -2.24. The lowest BCUT2D eigenvalue weighted by Crippen LogP contribution is -2.16. The average Bonchev–Trinajstić information content (AvgIpc) is 2.87. The summed E-state index contributed by atoms with van der Waals surface area (Å²) in [5.74, 6) is 0.869. The van der Waals surface area contributed by atoms with Crippen LogP contribution in [0, 0.1) is 12.7 Å². The molecule has 2 N–H and O–H groups in total. The summed E-state index contributed by atoms with van der Waals surface area (Å²) in [4.78, 5) is 26.2. The fraction of sp³-hybridized carbons (Fsp3) is 0.154. The van der Waals surface area contributed by atoms with Gasteiger partial charge < -0.3 is 15.2 Å². The van der Waals surface area contributed by atoms with Gasteiger partial charge in [0.05, 0.1) is 23.6 Å². The molecule has 3 heterocycles. The largest absolute Gasteiger partial charge is 0.436 e. The maximum absolute atomic E-state index is 13.5. The number of aliphatic hydroxyl groups excluding tert-OH is 1. The van der Waals surface area contributed by atoms with E-state index in [1.807, 2.05) is 37.3 Å². The molecule has 1 aliphatic heterocycles. The molecule has 2 aromatic carbocycles. The van der Waals surface area contributed by atoms with Crippen molar-refractivity contribution in [2.45, 2.75) is 25.0 Å². The van der Waals surface area contributed by atoms with Crippen molar-refractivity contribution in [3.8, 4) is 23.0 Å². The zero-order valence-electron chi connectivity index (χ0n) is 18.8. The second-order valence-electron chi connectivity index (χ2n) is 7.96. The third kappa shape index (κ3) is 4.87. The number of aryl methyl sites for hydroxylation is 1. The normalized spacial score (nSPS) is 11.9. The van der Waals surface area contributed by atoms with E-state index in [4.69, 9.17) is 9.72 Å². The highest BCUT2D eigenvalue weighted by molar-refractivity contribution is 8.00. The topological polar surface area (TPSA) is 97.2 Å². The molecule has 0 fully saturated rings. The van der Waals surface area contributed by atoms with Crippen molar-refractivity contribution >= 4 is 23.4 Å². The Bertz CT molecular complexity index is 1400. The number of ether oxygens (including phenoxy) is 1. The zero-order valence-corrected chi connectivity index (χ0v) is 19.6. The van der Waals surface area contributed by atoms with Crippen molar-refractivity contribution in [3.05, 3.63) is 89.0 Å². The molecule has 1 aliphatic rings.